The third-order valence-corrected chi connectivity index (χ3v) is 3.68. The number of halogens is 1. The molecule has 1 aromatic carbocycles. The standard InChI is InChI=1S/C13H17ClN2O/c1-16(13(17)9-3-2-4-9)8-10-7-11(15)5-6-12(10)14/h5-7,9H,2-4,8,15H2,1H3. The summed E-state index contributed by atoms with van der Waals surface area (Å²) >= 11 is 6.08. The summed E-state index contributed by atoms with van der Waals surface area (Å²) in [4.78, 5) is 13.7. The highest BCUT2D eigenvalue weighted by molar-refractivity contribution is 6.31. The highest BCUT2D eigenvalue weighted by Crippen LogP contribution is 2.29. The summed E-state index contributed by atoms with van der Waals surface area (Å²) in [5.41, 5.74) is 7.29. The average molecular weight is 253 g/mol. The molecule has 1 aromatic rings. The van der Waals surface area contributed by atoms with Crippen LogP contribution < -0.4 is 5.73 Å². The molecule has 0 aliphatic heterocycles. The Morgan fingerprint density at radius 3 is 2.82 bits per heavy atom. The van der Waals surface area contributed by atoms with Crippen LogP contribution in [0, 0.1) is 5.92 Å². The molecule has 1 aliphatic carbocycles. The van der Waals surface area contributed by atoms with Gasteiger partial charge in [-0.3, -0.25) is 4.79 Å². The number of hydrogen-bond donors (Lipinski definition) is 1. The van der Waals surface area contributed by atoms with Gasteiger partial charge in [-0.2, -0.15) is 0 Å². The smallest absolute Gasteiger partial charge is 0.225 e. The van der Waals surface area contributed by atoms with Gasteiger partial charge in [0.2, 0.25) is 5.91 Å². The summed E-state index contributed by atoms with van der Waals surface area (Å²) in [7, 11) is 1.82. The first-order valence-electron chi connectivity index (χ1n) is 5.87. The lowest BCUT2D eigenvalue weighted by molar-refractivity contribution is -0.137. The maximum atomic E-state index is 12.0. The van der Waals surface area contributed by atoms with Crippen molar-refractivity contribution in [2.75, 3.05) is 12.8 Å². The number of amides is 1. The van der Waals surface area contributed by atoms with Crippen LogP contribution in [0.4, 0.5) is 5.69 Å². The predicted octanol–water partition coefficient (Wildman–Crippen LogP) is 2.68. The van der Waals surface area contributed by atoms with Gasteiger partial charge in [-0.15, -0.1) is 0 Å². The fraction of sp³-hybridized carbons (Fsp3) is 0.462. The van der Waals surface area contributed by atoms with Gasteiger partial charge >= 0.3 is 0 Å². The Hall–Kier alpha value is -1.22. The molecule has 0 spiro atoms. The second-order valence-electron chi connectivity index (χ2n) is 4.67. The molecule has 92 valence electrons. The Balaban J connectivity index is 2.04. The van der Waals surface area contributed by atoms with E-state index in [1.54, 1.807) is 17.0 Å². The molecule has 1 aliphatic rings. The van der Waals surface area contributed by atoms with Crippen molar-refractivity contribution in [3.8, 4) is 0 Å². The monoisotopic (exact) mass is 252 g/mol. The number of hydrogen-bond acceptors (Lipinski definition) is 2. The summed E-state index contributed by atoms with van der Waals surface area (Å²) < 4.78 is 0. The van der Waals surface area contributed by atoms with Crippen LogP contribution in [0.15, 0.2) is 18.2 Å². The zero-order valence-electron chi connectivity index (χ0n) is 9.95. The second-order valence-corrected chi connectivity index (χ2v) is 5.08. The van der Waals surface area contributed by atoms with E-state index in [0.717, 1.165) is 18.4 Å². The molecule has 2 N–H and O–H groups in total. The number of carbonyl (C=O) groups excluding carboxylic acids is 1. The zero-order valence-corrected chi connectivity index (χ0v) is 10.7. The number of nitrogen functional groups attached to an aromatic ring is 1. The third kappa shape index (κ3) is 2.72. The van der Waals surface area contributed by atoms with Gasteiger partial charge in [0.1, 0.15) is 0 Å². The Morgan fingerprint density at radius 2 is 2.24 bits per heavy atom. The van der Waals surface area contributed by atoms with Gasteiger partial charge in [0.15, 0.2) is 0 Å². The maximum absolute atomic E-state index is 12.0. The molecule has 4 heteroatoms. The van der Waals surface area contributed by atoms with Gasteiger partial charge < -0.3 is 10.6 Å². The maximum Gasteiger partial charge on any atom is 0.225 e. The zero-order chi connectivity index (χ0) is 12.4. The van der Waals surface area contributed by atoms with Crippen molar-refractivity contribution < 1.29 is 4.79 Å². The lowest BCUT2D eigenvalue weighted by Gasteiger charge is -2.29. The first-order valence-corrected chi connectivity index (χ1v) is 6.24. The van der Waals surface area contributed by atoms with Crippen molar-refractivity contribution in [2.45, 2.75) is 25.8 Å². The molecular weight excluding hydrogens is 236 g/mol. The summed E-state index contributed by atoms with van der Waals surface area (Å²) in [6.45, 7) is 0.527. The molecule has 0 saturated heterocycles. The van der Waals surface area contributed by atoms with Gasteiger partial charge in [-0.25, -0.2) is 0 Å². The van der Waals surface area contributed by atoms with E-state index < -0.39 is 0 Å². The summed E-state index contributed by atoms with van der Waals surface area (Å²) in [5.74, 6) is 0.439. The first-order chi connectivity index (χ1) is 8.08. The molecule has 0 heterocycles. The summed E-state index contributed by atoms with van der Waals surface area (Å²) in [5, 5.41) is 0.660. The fourth-order valence-corrected chi connectivity index (χ4v) is 2.19. The molecule has 17 heavy (non-hydrogen) atoms. The lowest BCUT2D eigenvalue weighted by atomic mass is 9.84. The van der Waals surface area contributed by atoms with Crippen molar-refractivity contribution in [2.24, 2.45) is 5.92 Å². The fourth-order valence-electron chi connectivity index (χ4n) is 2.02. The van der Waals surface area contributed by atoms with Crippen molar-refractivity contribution in [1.82, 2.24) is 4.90 Å². The Kier molecular flexibility index (Phi) is 3.57. The quantitative estimate of drug-likeness (QED) is 0.841. The van der Waals surface area contributed by atoms with Crippen LogP contribution in [0.1, 0.15) is 24.8 Å². The Bertz CT molecular complexity index is 429. The van der Waals surface area contributed by atoms with Crippen LogP contribution in [-0.2, 0) is 11.3 Å². The van der Waals surface area contributed by atoms with Gasteiger partial charge in [0.05, 0.1) is 0 Å². The molecule has 0 atom stereocenters. The first kappa shape index (κ1) is 12.2. The van der Waals surface area contributed by atoms with Crippen molar-refractivity contribution in [1.29, 1.82) is 0 Å². The second kappa shape index (κ2) is 4.96. The van der Waals surface area contributed by atoms with Crippen LogP contribution in [0.3, 0.4) is 0 Å². The van der Waals surface area contributed by atoms with Crippen molar-refractivity contribution in [3.05, 3.63) is 28.8 Å². The van der Waals surface area contributed by atoms with Crippen LogP contribution in [-0.4, -0.2) is 17.9 Å². The molecule has 3 nitrogen and oxygen atoms in total. The van der Waals surface area contributed by atoms with Crippen molar-refractivity contribution in [3.63, 3.8) is 0 Å². The number of nitrogens with two attached hydrogens (primary N) is 1. The number of nitrogens with zero attached hydrogens (tertiary/aromatic N) is 1. The number of anilines is 1. The van der Waals surface area contributed by atoms with E-state index in [1.807, 2.05) is 13.1 Å². The normalized spacial score (nSPS) is 15.4. The van der Waals surface area contributed by atoms with E-state index in [0.29, 0.717) is 17.3 Å². The molecule has 0 unspecified atom stereocenters. The molecule has 2 rings (SSSR count). The van der Waals surface area contributed by atoms with Gasteiger partial charge in [-0.05, 0) is 36.6 Å². The number of carbonyl (C=O) groups is 1. The number of rotatable bonds is 3. The van der Waals surface area contributed by atoms with Crippen LogP contribution in [0.5, 0.6) is 0 Å². The van der Waals surface area contributed by atoms with Crippen LogP contribution >= 0.6 is 11.6 Å². The van der Waals surface area contributed by atoms with E-state index in [2.05, 4.69) is 0 Å². The Morgan fingerprint density at radius 1 is 1.53 bits per heavy atom. The Labute approximate surface area is 107 Å². The summed E-state index contributed by atoms with van der Waals surface area (Å²) in [6, 6.07) is 5.36. The number of benzene rings is 1. The molecular formula is C13H17ClN2O. The molecule has 0 bridgehead atoms. The third-order valence-electron chi connectivity index (χ3n) is 3.31. The van der Waals surface area contributed by atoms with Gasteiger partial charge in [0, 0.05) is 30.2 Å². The largest absolute Gasteiger partial charge is 0.399 e. The van der Waals surface area contributed by atoms with E-state index in [1.165, 1.54) is 6.42 Å². The van der Waals surface area contributed by atoms with Crippen molar-refractivity contribution >= 4 is 23.2 Å². The lowest BCUT2D eigenvalue weighted by Crippen LogP contribution is -2.35. The van der Waals surface area contributed by atoms with E-state index >= 15 is 0 Å². The highest BCUT2D eigenvalue weighted by atomic mass is 35.5. The average Bonchev–Trinajstić information content (AvgIpc) is 2.21. The van der Waals surface area contributed by atoms with Crippen LogP contribution in [0.2, 0.25) is 5.02 Å². The minimum atomic E-state index is 0.217. The topological polar surface area (TPSA) is 46.3 Å². The van der Waals surface area contributed by atoms with Gasteiger partial charge in [0.25, 0.3) is 0 Å². The van der Waals surface area contributed by atoms with E-state index in [9.17, 15) is 4.79 Å². The molecule has 0 aromatic heterocycles. The van der Waals surface area contributed by atoms with Gasteiger partial charge in [-0.1, -0.05) is 18.0 Å². The minimum absolute atomic E-state index is 0.217. The highest BCUT2D eigenvalue weighted by Gasteiger charge is 2.27. The van der Waals surface area contributed by atoms with E-state index in [4.69, 9.17) is 17.3 Å². The molecule has 1 fully saturated rings. The minimum Gasteiger partial charge on any atom is -0.399 e. The van der Waals surface area contributed by atoms with E-state index in [-0.39, 0.29) is 11.8 Å². The van der Waals surface area contributed by atoms with Crippen LogP contribution in [0.25, 0.3) is 0 Å². The predicted molar refractivity (Wildman–Crippen MR) is 69.7 cm³/mol. The molecule has 0 radical (unpaired) electrons. The summed E-state index contributed by atoms with van der Waals surface area (Å²) in [6.07, 6.45) is 3.21. The molecule has 1 saturated carbocycles. The molecule has 1 amide bonds. The SMILES string of the molecule is CN(Cc1cc(N)ccc1Cl)C(=O)C1CCC1.